The molecular formula is C23H19BrClN3O5S. The van der Waals surface area contributed by atoms with Crippen molar-refractivity contribution in [3.63, 3.8) is 0 Å². The Morgan fingerprint density at radius 1 is 1.03 bits per heavy atom. The summed E-state index contributed by atoms with van der Waals surface area (Å²) in [7, 11) is -4.03. The number of halogens is 2. The third-order valence-corrected chi connectivity index (χ3v) is 7.21. The van der Waals surface area contributed by atoms with Gasteiger partial charge in [-0.15, -0.1) is 0 Å². The van der Waals surface area contributed by atoms with Crippen LogP contribution in [-0.2, 0) is 21.4 Å². The Morgan fingerprint density at radius 3 is 2.32 bits per heavy atom. The Morgan fingerprint density at radius 2 is 1.68 bits per heavy atom. The van der Waals surface area contributed by atoms with Crippen molar-refractivity contribution < 1.29 is 23.1 Å². The highest BCUT2D eigenvalue weighted by atomic mass is 79.9. The molecule has 0 saturated carbocycles. The minimum atomic E-state index is -4.03. The van der Waals surface area contributed by atoms with E-state index in [9.17, 15) is 23.1 Å². The number of hydrogen-bond acceptors (Lipinski definition) is 5. The molecule has 3 rings (SSSR count). The number of amides is 1. The number of carbonyl (C=O) groups excluding carboxylic acids is 1. The molecule has 0 aromatic heterocycles. The minimum Gasteiger partial charge on any atom is -0.478 e. The number of carbonyl (C=O) groups is 2. The number of sulfonamides is 1. The lowest BCUT2D eigenvalue weighted by molar-refractivity contribution is -0.121. The summed E-state index contributed by atoms with van der Waals surface area (Å²) in [5.74, 6) is -1.83. The fourth-order valence-electron chi connectivity index (χ4n) is 2.95. The molecule has 0 bridgehead atoms. The first kappa shape index (κ1) is 25.6. The van der Waals surface area contributed by atoms with Crippen LogP contribution in [-0.4, -0.2) is 42.5 Å². The van der Waals surface area contributed by atoms with E-state index in [1.165, 1.54) is 30.5 Å². The zero-order valence-corrected chi connectivity index (χ0v) is 20.7. The number of nitrogens with zero attached hydrogens (tertiary/aromatic N) is 2. The first-order valence-corrected chi connectivity index (χ1v) is 12.4. The molecule has 176 valence electrons. The molecule has 0 aliphatic carbocycles. The lowest BCUT2D eigenvalue weighted by atomic mass is 10.1. The van der Waals surface area contributed by atoms with Crippen LogP contribution >= 0.6 is 27.5 Å². The van der Waals surface area contributed by atoms with Gasteiger partial charge in [-0.05, 0) is 48.0 Å². The van der Waals surface area contributed by atoms with Crippen LogP contribution in [0, 0.1) is 0 Å². The maximum Gasteiger partial charge on any atom is 0.336 e. The number of nitrogens with one attached hydrogen (secondary N) is 1. The Hall–Kier alpha value is -3.05. The maximum absolute atomic E-state index is 13.3. The van der Waals surface area contributed by atoms with Gasteiger partial charge in [0.15, 0.2) is 0 Å². The SMILES string of the molecule is O=C(CN(Cc1ccc(Cl)cc1)S(=O)(=O)c1ccc(Br)cc1)N/N=C\c1ccccc1C(=O)O. The molecule has 2 N–H and O–H groups in total. The average Bonchev–Trinajstić information content (AvgIpc) is 2.80. The van der Waals surface area contributed by atoms with E-state index in [-0.39, 0.29) is 22.6 Å². The topological polar surface area (TPSA) is 116 Å². The molecule has 0 saturated heterocycles. The molecule has 0 fully saturated rings. The molecule has 0 atom stereocenters. The van der Waals surface area contributed by atoms with Crippen LogP contribution in [0.15, 0.2) is 87.3 Å². The van der Waals surface area contributed by atoms with Crippen molar-refractivity contribution in [3.05, 3.63) is 99.0 Å². The highest BCUT2D eigenvalue weighted by molar-refractivity contribution is 9.10. The van der Waals surface area contributed by atoms with Crippen LogP contribution in [0.3, 0.4) is 0 Å². The van der Waals surface area contributed by atoms with E-state index in [0.717, 1.165) is 4.31 Å². The van der Waals surface area contributed by atoms with Gasteiger partial charge in [0.2, 0.25) is 10.0 Å². The van der Waals surface area contributed by atoms with Crippen molar-refractivity contribution in [2.45, 2.75) is 11.4 Å². The van der Waals surface area contributed by atoms with Crippen LogP contribution in [0.5, 0.6) is 0 Å². The molecule has 0 aliphatic heterocycles. The molecule has 34 heavy (non-hydrogen) atoms. The predicted molar refractivity (Wildman–Crippen MR) is 132 cm³/mol. The van der Waals surface area contributed by atoms with Gasteiger partial charge in [0.1, 0.15) is 0 Å². The first-order chi connectivity index (χ1) is 16.2. The van der Waals surface area contributed by atoms with Crippen LogP contribution in [0.1, 0.15) is 21.5 Å². The maximum atomic E-state index is 13.3. The molecule has 0 heterocycles. The number of rotatable bonds is 9. The van der Waals surface area contributed by atoms with E-state index >= 15 is 0 Å². The van der Waals surface area contributed by atoms with Gasteiger partial charge in [0, 0.05) is 21.6 Å². The van der Waals surface area contributed by atoms with Crippen molar-refractivity contribution in [3.8, 4) is 0 Å². The molecule has 3 aromatic rings. The molecule has 1 amide bonds. The molecule has 0 radical (unpaired) electrons. The number of hydrogen-bond donors (Lipinski definition) is 2. The van der Waals surface area contributed by atoms with E-state index in [2.05, 4.69) is 26.5 Å². The van der Waals surface area contributed by atoms with E-state index in [0.29, 0.717) is 15.1 Å². The predicted octanol–water partition coefficient (Wildman–Crippen LogP) is 4.14. The minimum absolute atomic E-state index is 0.0164. The van der Waals surface area contributed by atoms with Gasteiger partial charge in [0.05, 0.1) is 23.2 Å². The fourth-order valence-corrected chi connectivity index (χ4v) is 4.72. The third-order valence-electron chi connectivity index (χ3n) is 4.63. The molecule has 11 heteroatoms. The summed E-state index contributed by atoms with van der Waals surface area (Å²) in [5.41, 5.74) is 3.20. The second-order valence-corrected chi connectivity index (χ2v) is 10.3. The third kappa shape index (κ3) is 6.73. The highest BCUT2D eigenvalue weighted by Gasteiger charge is 2.27. The number of carboxylic acids is 1. The van der Waals surface area contributed by atoms with Gasteiger partial charge in [0.25, 0.3) is 5.91 Å². The van der Waals surface area contributed by atoms with Crippen LogP contribution in [0.4, 0.5) is 0 Å². The number of hydrazone groups is 1. The highest BCUT2D eigenvalue weighted by Crippen LogP contribution is 2.21. The van der Waals surface area contributed by atoms with Crippen molar-refractivity contribution in [1.82, 2.24) is 9.73 Å². The van der Waals surface area contributed by atoms with Gasteiger partial charge in [-0.3, -0.25) is 4.79 Å². The van der Waals surface area contributed by atoms with Gasteiger partial charge in [-0.1, -0.05) is 57.9 Å². The fraction of sp³-hybridized carbons (Fsp3) is 0.0870. The molecule has 0 aliphatic rings. The van der Waals surface area contributed by atoms with E-state index in [1.54, 1.807) is 48.5 Å². The summed E-state index contributed by atoms with van der Waals surface area (Å²) in [6.45, 7) is -0.590. The first-order valence-electron chi connectivity index (χ1n) is 9.81. The average molecular weight is 565 g/mol. The van der Waals surface area contributed by atoms with Gasteiger partial charge in [-0.25, -0.2) is 18.6 Å². The van der Waals surface area contributed by atoms with Gasteiger partial charge in [-0.2, -0.15) is 9.41 Å². The molecule has 0 unspecified atom stereocenters. The van der Waals surface area contributed by atoms with Crippen molar-refractivity contribution in [1.29, 1.82) is 0 Å². The number of carboxylic acid groups (broad SMARTS) is 1. The smallest absolute Gasteiger partial charge is 0.336 e. The molecule has 3 aromatic carbocycles. The zero-order chi connectivity index (χ0) is 24.7. The van der Waals surface area contributed by atoms with Crippen molar-refractivity contribution in [2.24, 2.45) is 5.10 Å². The molecule has 0 spiro atoms. The zero-order valence-electron chi connectivity index (χ0n) is 17.6. The van der Waals surface area contributed by atoms with Crippen LogP contribution in [0.25, 0.3) is 0 Å². The van der Waals surface area contributed by atoms with Crippen molar-refractivity contribution in [2.75, 3.05) is 6.54 Å². The second kappa shape index (κ2) is 11.4. The largest absolute Gasteiger partial charge is 0.478 e. The molecular weight excluding hydrogens is 546 g/mol. The quantitative estimate of drug-likeness (QED) is 0.299. The standard InChI is InChI=1S/C23H19BrClN3O5S/c24-18-7-11-20(12-8-18)34(32,33)28(14-16-5-9-19(25)10-6-16)15-22(29)27-26-13-17-3-1-2-4-21(17)23(30)31/h1-13H,14-15H2,(H,27,29)(H,30,31)/b26-13-. The monoisotopic (exact) mass is 563 g/mol. The van der Waals surface area contributed by atoms with E-state index in [4.69, 9.17) is 11.6 Å². The van der Waals surface area contributed by atoms with Crippen molar-refractivity contribution >= 4 is 55.6 Å². The lowest BCUT2D eigenvalue weighted by Crippen LogP contribution is -2.39. The number of benzene rings is 3. The van der Waals surface area contributed by atoms with Crippen LogP contribution in [0.2, 0.25) is 5.02 Å². The Labute approximate surface area is 210 Å². The van der Waals surface area contributed by atoms with Crippen LogP contribution < -0.4 is 5.43 Å². The Balaban J connectivity index is 1.80. The Kier molecular flexibility index (Phi) is 8.56. The summed E-state index contributed by atoms with van der Waals surface area (Å²) in [6, 6.07) is 18.8. The summed E-state index contributed by atoms with van der Waals surface area (Å²) in [5, 5.41) is 13.5. The summed E-state index contributed by atoms with van der Waals surface area (Å²) in [6.07, 6.45) is 1.19. The van der Waals surface area contributed by atoms with E-state index in [1.807, 2.05) is 0 Å². The van der Waals surface area contributed by atoms with Gasteiger partial charge >= 0.3 is 5.97 Å². The summed E-state index contributed by atoms with van der Waals surface area (Å²) in [4.78, 5) is 23.9. The number of aromatic carboxylic acids is 1. The Bertz CT molecular complexity index is 1310. The summed E-state index contributed by atoms with van der Waals surface area (Å²) < 4.78 is 28.3. The second-order valence-electron chi connectivity index (χ2n) is 7.04. The normalized spacial score (nSPS) is 11.6. The van der Waals surface area contributed by atoms with Gasteiger partial charge < -0.3 is 5.11 Å². The summed E-state index contributed by atoms with van der Waals surface area (Å²) >= 11 is 9.19. The molecule has 8 nitrogen and oxygen atoms in total. The van der Waals surface area contributed by atoms with E-state index < -0.39 is 28.4 Å². The lowest BCUT2D eigenvalue weighted by Gasteiger charge is -2.21.